The molecule has 0 saturated heterocycles. The molecule has 1 aromatic heterocycles. The van der Waals surface area contributed by atoms with Crippen LogP contribution in [0.5, 0.6) is 0 Å². The Labute approximate surface area is 124 Å². The van der Waals surface area contributed by atoms with Crippen molar-refractivity contribution < 1.29 is 9.84 Å². The second-order valence-electron chi connectivity index (χ2n) is 4.73. The molecule has 0 aliphatic heterocycles. The Morgan fingerprint density at radius 1 is 1.24 bits per heavy atom. The van der Waals surface area contributed by atoms with Crippen molar-refractivity contribution in [3.8, 4) is 0 Å². The quantitative estimate of drug-likeness (QED) is 0.709. The minimum absolute atomic E-state index is 0.101. The van der Waals surface area contributed by atoms with Crippen LogP contribution in [0.4, 0.5) is 0 Å². The molecule has 7 heteroatoms. The fourth-order valence-electron chi connectivity index (χ4n) is 2.05. The van der Waals surface area contributed by atoms with Gasteiger partial charge in [0.2, 0.25) is 0 Å². The number of methoxy groups -OCH3 is 1. The monoisotopic (exact) mass is 291 g/mol. The molecule has 0 radical (unpaired) electrons. The molecule has 0 fully saturated rings. The zero-order valence-electron chi connectivity index (χ0n) is 12.2. The maximum atomic E-state index is 9.13. The number of aliphatic hydroxyl groups is 1. The summed E-state index contributed by atoms with van der Waals surface area (Å²) in [6.07, 6.45) is 0. The van der Waals surface area contributed by atoms with Crippen LogP contribution < -0.4 is 0 Å². The summed E-state index contributed by atoms with van der Waals surface area (Å²) in [6.45, 7) is 3.24. The first-order chi connectivity index (χ1) is 10.3. The highest BCUT2D eigenvalue weighted by molar-refractivity contribution is 5.14. The predicted octanol–water partition coefficient (Wildman–Crippen LogP) is 0.162. The lowest BCUT2D eigenvalue weighted by Gasteiger charge is -2.20. The highest BCUT2D eigenvalue weighted by Crippen LogP contribution is 2.05. The van der Waals surface area contributed by atoms with E-state index in [0.717, 1.165) is 17.9 Å². The molecule has 114 valence electrons. The van der Waals surface area contributed by atoms with Crippen molar-refractivity contribution in [2.75, 3.05) is 33.4 Å². The minimum Gasteiger partial charge on any atom is -0.395 e. The largest absolute Gasteiger partial charge is 0.395 e. The van der Waals surface area contributed by atoms with E-state index in [9.17, 15) is 0 Å². The van der Waals surface area contributed by atoms with Crippen LogP contribution in [0, 0.1) is 0 Å². The molecule has 7 nitrogen and oxygen atoms in total. The molecule has 1 N–H and O–H groups in total. The first-order valence-electron chi connectivity index (χ1n) is 6.94. The van der Waals surface area contributed by atoms with Gasteiger partial charge in [-0.25, -0.2) is 4.68 Å². The second kappa shape index (κ2) is 8.46. The molecular formula is C14H21N5O2. The van der Waals surface area contributed by atoms with Crippen LogP contribution in [0.1, 0.15) is 11.4 Å². The van der Waals surface area contributed by atoms with Crippen LogP contribution in [0.3, 0.4) is 0 Å². The third-order valence-corrected chi connectivity index (χ3v) is 3.17. The minimum atomic E-state index is 0.101. The van der Waals surface area contributed by atoms with Gasteiger partial charge >= 0.3 is 0 Å². The van der Waals surface area contributed by atoms with E-state index in [2.05, 4.69) is 20.4 Å². The SMILES string of the molecule is COCCN(CCO)Cc1nnnn1Cc1ccccc1. The molecule has 0 bridgehead atoms. The predicted molar refractivity (Wildman–Crippen MR) is 77.6 cm³/mol. The summed E-state index contributed by atoms with van der Waals surface area (Å²) in [5.74, 6) is 0.781. The number of rotatable bonds is 9. The van der Waals surface area contributed by atoms with Crippen LogP contribution in [-0.2, 0) is 17.8 Å². The molecular weight excluding hydrogens is 270 g/mol. The number of hydrogen-bond acceptors (Lipinski definition) is 6. The molecule has 0 atom stereocenters. The molecule has 0 unspecified atom stereocenters. The van der Waals surface area contributed by atoms with Gasteiger partial charge in [0.05, 0.1) is 26.3 Å². The maximum absolute atomic E-state index is 9.13. The first kappa shape index (κ1) is 15.6. The van der Waals surface area contributed by atoms with Gasteiger partial charge in [0, 0.05) is 20.2 Å². The van der Waals surface area contributed by atoms with Gasteiger partial charge in [0.25, 0.3) is 0 Å². The standard InChI is InChI=1S/C14H21N5O2/c1-21-10-8-18(7-9-20)12-14-15-16-17-19(14)11-13-5-3-2-4-6-13/h2-6,20H,7-12H2,1H3. The van der Waals surface area contributed by atoms with Crippen LogP contribution in [0.2, 0.25) is 0 Å². The summed E-state index contributed by atoms with van der Waals surface area (Å²) in [5.41, 5.74) is 1.15. The Kier molecular flexibility index (Phi) is 6.26. The molecule has 0 saturated carbocycles. The molecule has 1 aromatic carbocycles. The summed E-state index contributed by atoms with van der Waals surface area (Å²) in [4.78, 5) is 2.07. The van der Waals surface area contributed by atoms with Gasteiger partial charge in [-0.15, -0.1) is 5.10 Å². The Morgan fingerprint density at radius 3 is 2.76 bits per heavy atom. The van der Waals surface area contributed by atoms with Gasteiger partial charge in [-0.05, 0) is 16.0 Å². The maximum Gasteiger partial charge on any atom is 0.165 e. The third-order valence-electron chi connectivity index (χ3n) is 3.17. The summed E-state index contributed by atoms with van der Waals surface area (Å²) in [7, 11) is 1.66. The van der Waals surface area contributed by atoms with Crippen molar-refractivity contribution in [2.45, 2.75) is 13.1 Å². The van der Waals surface area contributed by atoms with E-state index in [1.165, 1.54) is 0 Å². The van der Waals surface area contributed by atoms with Crippen LogP contribution >= 0.6 is 0 Å². The molecule has 0 aliphatic carbocycles. The molecule has 2 rings (SSSR count). The number of tetrazole rings is 1. The zero-order chi connectivity index (χ0) is 14.9. The van der Waals surface area contributed by atoms with Gasteiger partial charge in [0.15, 0.2) is 5.82 Å². The van der Waals surface area contributed by atoms with Gasteiger partial charge in [-0.2, -0.15) is 0 Å². The van der Waals surface area contributed by atoms with Crippen molar-refractivity contribution in [2.24, 2.45) is 0 Å². The molecule has 0 spiro atoms. The molecule has 0 aliphatic rings. The number of hydrogen-bond donors (Lipinski definition) is 1. The van der Waals surface area contributed by atoms with E-state index in [-0.39, 0.29) is 6.61 Å². The van der Waals surface area contributed by atoms with E-state index >= 15 is 0 Å². The number of ether oxygens (including phenoxy) is 1. The Bertz CT molecular complexity index is 517. The van der Waals surface area contributed by atoms with E-state index in [4.69, 9.17) is 9.84 Å². The van der Waals surface area contributed by atoms with Gasteiger partial charge < -0.3 is 9.84 Å². The Hall–Kier alpha value is -1.83. The van der Waals surface area contributed by atoms with Crippen molar-refractivity contribution in [1.82, 2.24) is 25.1 Å². The average Bonchev–Trinajstić information content (AvgIpc) is 2.93. The summed E-state index contributed by atoms with van der Waals surface area (Å²) >= 11 is 0. The molecule has 2 aromatic rings. The van der Waals surface area contributed by atoms with Crippen molar-refractivity contribution in [3.05, 3.63) is 41.7 Å². The Morgan fingerprint density at radius 2 is 2.05 bits per heavy atom. The highest BCUT2D eigenvalue weighted by Gasteiger charge is 2.12. The summed E-state index contributed by atoms with van der Waals surface area (Å²) in [5, 5.41) is 21.0. The van der Waals surface area contributed by atoms with E-state index < -0.39 is 0 Å². The zero-order valence-corrected chi connectivity index (χ0v) is 12.2. The number of nitrogens with zero attached hydrogens (tertiary/aromatic N) is 5. The lowest BCUT2D eigenvalue weighted by molar-refractivity contribution is 0.124. The van der Waals surface area contributed by atoms with Crippen LogP contribution in [0.15, 0.2) is 30.3 Å². The van der Waals surface area contributed by atoms with Crippen LogP contribution in [0.25, 0.3) is 0 Å². The third kappa shape index (κ3) is 4.89. The van der Waals surface area contributed by atoms with E-state index in [1.807, 2.05) is 30.3 Å². The van der Waals surface area contributed by atoms with Gasteiger partial charge in [0.1, 0.15) is 0 Å². The summed E-state index contributed by atoms with van der Waals surface area (Å²) in [6, 6.07) is 10.1. The van der Waals surface area contributed by atoms with Crippen LogP contribution in [-0.4, -0.2) is 63.6 Å². The topological polar surface area (TPSA) is 76.3 Å². The number of benzene rings is 1. The first-order valence-corrected chi connectivity index (χ1v) is 6.94. The smallest absolute Gasteiger partial charge is 0.165 e. The van der Waals surface area contributed by atoms with Gasteiger partial charge in [-0.1, -0.05) is 30.3 Å². The lowest BCUT2D eigenvalue weighted by Crippen LogP contribution is -2.31. The number of aliphatic hydroxyl groups excluding tert-OH is 1. The number of aromatic nitrogens is 4. The lowest BCUT2D eigenvalue weighted by atomic mass is 10.2. The van der Waals surface area contributed by atoms with Crippen molar-refractivity contribution >= 4 is 0 Å². The fraction of sp³-hybridized carbons (Fsp3) is 0.500. The molecule has 1 heterocycles. The summed E-state index contributed by atoms with van der Waals surface area (Å²) < 4.78 is 6.87. The van der Waals surface area contributed by atoms with E-state index in [0.29, 0.717) is 26.2 Å². The molecule has 0 amide bonds. The molecule has 21 heavy (non-hydrogen) atoms. The fourth-order valence-corrected chi connectivity index (χ4v) is 2.05. The van der Waals surface area contributed by atoms with E-state index in [1.54, 1.807) is 11.8 Å². The normalized spacial score (nSPS) is 11.2. The average molecular weight is 291 g/mol. The highest BCUT2D eigenvalue weighted by atomic mass is 16.5. The van der Waals surface area contributed by atoms with Crippen molar-refractivity contribution in [1.29, 1.82) is 0 Å². The Balaban J connectivity index is 2.01. The van der Waals surface area contributed by atoms with Crippen molar-refractivity contribution in [3.63, 3.8) is 0 Å². The van der Waals surface area contributed by atoms with Gasteiger partial charge in [-0.3, -0.25) is 4.90 Å². The second-order valence-corrected chi connectivity index (χ2v) is 4.73.